The molecule has 0 aliphatic rings. The maximum atomic E-state index is 12.5. The van der Waals surface area contributed by atoms with Gasteiger partial charge in [-0.1, -0.05) is 42.5 Å². The highest BCUT2D eigenvalue weighted by Crippen LogP contribution is 2.25. The van der Waals surface area contributed by atoms with E-state index in [4.69, 9.17) is 10.5 Å². The van der Waals surface area contributed by atoms with Crippen LogP contribution in [0.25, 0.3) is 0 Å². The molecule has 146 valence electrons. The SMILES string of the molecule is Cl.NCCCN(Cc1ccccc1)C(=O)CCOc1ccccc1[N+](=O)[O-]. The van der Waals surface area contributed by atoms with Crippen molar-refractivity contribution in [3.05, 3.63) is 70.3 Å². The maximum Gasteiger partial charge on any atom is 0.310 e. The molecule has 2 aromatic rings. The number of carbonyl (C=O) groups excluding carboxylic acids is 1. The highest BCUT2D eigenvalue weighted by molar-refractivity contribution is 5.85. The second-order valence-electron chi connectivity index (χ2n) is 5.77. The fourth-order valence-electron chi connectivity index (χ4n) is 2.51. The van der Waals surface area contributed by atoms with Gasteiger partial charge in [0, 0.05) is 19.2 Å². The Balaban J connectivity index is 0.00000364. The smallest absolute Gasteiger partial charge is 0.310 e. The molecule has 0 aliphatic heterocycles. The molecule has 7 nitrogen and oxygen atoms in total. The first-order valence-corrected chi connectivity index (χ1v) is 8.50. The molecule has 0 fully saturated rings. The normalized spacial score (nSPS) is 9.96. The van der Waals surface area contributed by atoms with Crippen LogP contribution in [-0.2, 0) is 11.3 Å². The van der Waals surface area contributed by atoms with Gasteiger partial charge in [-0.3, -0.25) is 14.9 Å². The number of amides is 1. The Hall–Kier alpha value is -2.64. The van der Waals surface area contributed by atoms with Gasteiger partial charge in [-0.05, 0) is 24.6 Å². The number of nitro groups is 1. The summed E-state index contributed by atoms with van der Waals surface area (Å²) in [5, 5.41) is 11.0. The number of halogens is 1. The monoisotopic (exact) mass is 393 g/mol. The van der Waals surface area contributed by atoms with Crippen molar-refractivity contribution in [1.29, 1.82) is 0 Å². The summed E-state index contributed by atoms with van der Waals surface area (Å²) in [7, 11) is 0. The number of ether oxygens (including phenoxy) is 1. The summed E-state index contributed by atoms with van der Waals surface area (Å²) < 4.78 is 5.46. The molecular weight excluding hydrogens is 370 g/mol. The van der Waals surface area contributed by atoms with Crippen molar-refractivity contribution in [2.45, 2.75) is 19.4 Å². The Morgan fingerprint density at radius 3 is 2.44 bits per heavy atom. The van der Waals surface area contributed by atoms with E-state index < -0.39 is 4.92 Å². The average Bonchev–Trinajstić information content (AvgIpc) is 2.66. The number of rotatable bonds is 10. The van der Waals surface area contributed by atoms with Crippen molar-refractivity contribution < 1.29 is 14.5 Å². The average molecular weight is 394 g/mol. The quantitative estimate of drug-likeness (QED) is 0.493. The molecule has 0 aromatic heterocycles. The molecule has 0 bridgehead atoms. The van der Waals surface area contributed by atoms with E-state index in [1.807, 2.05) is 30.3 Å². The number of nitrogens with zero attached hydrogens (tertiary/aromatic N) is 2. The fourth-order valence-corrected chi connectivity index (χ4v) is 2.51. The van der Waals surface area contributed by atoms with Crippen LogP contribution in [0.1, 0.15) is 18.4 Å². The predicted molar refractivity (Wildman–Crippen MR) is 106 cm³/mol. The van der Waals surface area contributed by atoms with Gasteiger partial charge in [-0.15, -0.1) is 12.4 Å². The molecule has 0 spiro atoms. The topological polar surface area (TPSA) is 98.7 Å². The van der Waals surface area contributed by atoms with E-state index in [0.717, 1.165) is 5.56 Å². The van der Waals surface area contributed by atoms with Crippen molar-refractivity contribution in [3.8, 4) is 5.75 Å². The van der Waals surface area contributed by atoms with Crippen molar-refractivity contribution in [2.75, 3.05) is 19.7 Å². The molecule has 8 heteroatoms. The zero-order chi connectivity index (χ0) is 18.8. The zero-order valence-electron chi connectivity index (χ0n) is 15.0. The molecule has 0 atom stereocenters. The first-order valence-electron chi connectivity index (χ1n) is 8.50. The minimum atomic E-state index is -0.500. The fraction of sp³-hybridized carbons (Fsp3) is 0.316. The van der Waals surface area contributed by atoms with E-state index >= 15 is 0 Å². The van der Waals surface area contributed by atoms with E-state index in [9.17, 15) is 14.9 Å². The third kappa shape index (κ3) is 7.24. The van der Waals surface area contributed by atoms with Crippen LogP contribution in [0.15, 0.2) is 54.6 Å². The minimum absolute atomic E-state index is 0. The van der Waals surface area contributed by atoms with E-state index in [2.05, 4.69) is 0 Å². The number of benzene rings is 2. The summed E-state index contributed by atoms with van der Waals surface area (Å²) >= 11 is 0. The molecule has 0 saturated carbocycles. The number of hydrogen-bond acceptors (Lipinski definition) is 5. The highest BCUT2D eigenvalue weighted by atomic mass is 35.5. The molecule has 0 radical (unpaired) electrons. The number of nitrogens with two attached hydrogens (primary N) is 1. The van der Waals surface area contributed by atoms with E-state index in [0.29, 0.717) is 26.1 Å². The Kier molecular flexibility index (Phi) is 9.85. The summed E-state index contributed by atoms with van der Waals surface area (Å²) in [4.78, 5) is 24.8. The third-order valence-electron chi connectivity index (χ3n) is 3.84. The maximum absolute atomic E-state index is 12.5. The number of nitro benzene ring substituents is 1. The molecule has 2 N–H and O–H groups in total. The highest BCUT2D eigenvalue weighted by Gasteiger charge is 2.16. The van der Waals surface area contributed by atoms with Gasteiger partial charge < -0.3 is 15.4 Å². The lowest BCUT2D eigenvalue weighted by Crippen LogP contribution is -2.33. The van der Waals surface area contributed by atoms with Crippen LogP contribution in [0.2, 0.25) is 0 Å². The predicted octanol–water partition coefficient (Wildman–Crippen LogP) is 3.16. The van der Waals surface area contributed by atoms with Crippen LogP contribution in [0.4, 0.5) is 5.69 Å². The van der Waals surface area contributed by atoms with E-state index in [-0.39, 0.29) is 42.8 Å². The lowest BCUT2D eigenvalue weighted by Gasteiger charge is -2.23. The van der Waals surface area contributed by atoms with Crippen LogP contribution < -0.4 is 10.5 Å². The molecule has 0 saturated heterocycles. The van der Waals surface area contributed by atoms with Crippen molar-refractivity contribution >= 4 is 24.0 Å². The van der Waals surface area contributed by atoms with Crippen LogP contribution in [0.3, 0.4) is 0 Å². The summed E-state index contributed by atoms with van der Waals surface area (Å²) in [6.07, 6.45) is 0.854. The van der Waals surface area contributed by atoms with Gasteiger partial charge in [0.05, 0.1) is 18.0 Å². The first-order chi connectivity index (χ1) is 12.6. The van der Waals surface area contributed by atoms with Gasteiger partial charge in [-0.2, -0.15) is 0 Å². The molecule has 1 amide bonds. The minimum Gasteiger partial charge on any atom is -0.486 e. The van der Waals surface area contributed by atoms with E-state index in [1.165, 1.54) is 12.1 Å². The largest absolute Gasteiger partial charge is 0.486 e. The second-order valence-corrected chi connectivity index (χ2v) is 5.77. The van der Waals surface area contributed by atoms with Gasteiger partial charge >= 0.3 is 5.69 Å². The lowest BCUT2D eigenvalue weighted by atomic mass is 10.2. The van der Waals surface area contributed by atoms with Crippen LogP contribution in [-0.4, -0.2) is 35.4 Å². The Labute approximate surface area is 164 Å². The molecule has 0 heterocycles. The Morgan fingerprint density at radius 1 is 1.11 bits per heavy atom. The Morgan fingerprint density at radius 2 is 1.78 bits per heavy atom. The zero-order valence-corrected chi connectivity index (χ0v) is 15.8. The molecular formula is C19H24ClN3O4. The summed E-state index contributed by atoms with van der Waals surface area (Å²) in [6.45, 7) is 1.66. The van der Waals surface area contributed by atoms with Gasteiger partial charge in [0.15, 0.2) is 5.75 Å². The van der Waals surface area contributed by atoms with Crippen molar-refractivity contribution in [2.24, 2.45) is 5.73 Å². The van der Waals surface area contributed by atoms with Gasteiger partial charge in [0.1, 0.15) is 0 Å². The molecule has 27 heavy (non-hydrogen) atoms. The van der Waals surface area contributed by atoms with Crippen LogP contribution >= 0.6 is 12.4 Å². The van der Waals surface area contributed by atoms with Crippen LogP contribution in [0.5, 0.6) is 5.75 Å². The molecule has 2 aromatic carbocycles. The summed E-state index contributed by atoms with van der Waals surface area (Å²) in [6, 6.07) is 15.9. The molecule has 0 aliphatic carbocycles. The summed E-state index contributed by atoms with van der Waals surface area (Å²) in [5.74, 6) is 0.0998. The van der Waals surface area contributed by atoms with Gasteiger partial charge in [0.25, 0.3) is 0 Å². The number of hydrogen-bond donors (Lipinski definition) is 1. The third-order valence-corrected chi connectivity index (χ3v) is 3.84. The lowest BCUT2D eigenvalue weighted by molar-refractivity contribution is -0.385. The molecule has 2 rings (SSSR count). The summed E-state index contributed by atoms with van der Waals surface area (Å²) in [5.41, 5.74) is 6.50. The first kappa shape index (κ1) is 22.4. The van der Waals surface area contributed by atoms with Gasteiger partial charge in [-0.25, -0.2) is 0 Å². The number of carbonyl (C=O) groups is 1. The van der Waals surface area contributed by atoms with Crippen molar-refractivity contribution in [1.82, 2.24) is 4.90 Å². The van der Waals surface area contributed by atoms with Gasteiger partial charge in [0.2, 0.25) is 5.91 Å². The van der Waals surface area contributed by atoms with Crippen LogP contribution in [0, 0.1) is 10.1 Å². The number of para-hydroxylation sites is 2. The second kappa shape index (κ2) is 11.9. The van der Waals surface area contributed by atoms with Crippen molar-refractivity contribution in [3.63, 3.8) is 0 Å². The molecule has 0 unspecified atom stereocenters. The Bertz CT molecular complexity index is 728. The standard InChI is InChI=1S/C19H23N3O4.ClH/c20-12-6-13-21(15-16-7-2-1-3-8-16)19(23)11-14-26-18-10-5-4-9-17(18)22(24)25;/h1-5,7-10H,6,11-15,20H2;1H. The van der Waals surface area contributed by atoms with E-state index in [1.54, 1.807) is 17.0 Å².